The fourth-order valence-electron chi connectivity index (χ4n) is 2.98. The molecule has 1 aliphatic heterocycles. The van der Waals surface area contributed by atoms with Gasteiger partial charge in [-0.25, -0.2) is 19.7 Å². The molecule has 1 unspecified atom stereocenters. The monoisotopic (exact) mass is 301 g/mol. The predicted molar refractivity (Wildman–Crippen MR) is 80.8 cm³/mol. The molecule has 1 fully saturated rings. The Hall–Kier alpha value is -2.44. The van der Waals surface area contributed by atoms with Gasteiger partial charge in [0, 0.05) is 31.5 Å². The summed E-state index contributed by atoms with van der Waals surface area (Å²) in [5.74, 6) is 0.632. The molecule has 1 N–H and O–H groups in total. The number of piperidine rings is 1. The van der Waals surface area contributed by atoms with E-state index in [9.17, 15) is 4.79 Å². The Balaban J connectivity index is 1.96. The van der Waals surface area contributed by atoms with Crippen LogP contribution in [-0.2, 0) is 6.54 Å². The van der Waals surface area contributed by atoms with E-state index in [0.717, 1.165) is 38.2 Å². The van der Waals surface area contributed by atoms with Gasteiger partial charge in [-0.2, -0.15) is 0 Å². The molecule has 22 heavy (non-hydrogen) atoms. The smallest absolute Gasteiger partial charge is 0.354 e. The molecule has 0 amide bonds. The highest BCUT2D eigenvalue weighted by Crippen LogP contribution is 2.33. The summed E-state index contributed by atoms with van der Waals surface area (Å²) in [7, 11) is 0. The minimum Gasteiger partial charge on any atom is -0.477 e. The summed E-state index contributed by atoms with van der Waals surface area (Å²) < 4.78 is 2.13. The van der Waals surface area contributed by atoms with Crippen LogP contribution in [-0.4, -0.2) is 37.1 Å². The Morgan fingerprint density at radius 2 is 2.23 bits per heavy atom. The third kappa shape index (κ3) is 2.66. The average Bonchev–Trinajstić information content (AvgIpc) is 3.03. The molecule has 116 valence electrons. The van der Waals surface area contributed by atoms with Crippen LogP contribution < -0.4 is 4.90 Å². The molecule has 0 saturated carbocycles. The molecule has 3 rings (SSSR count). The molecule has 0 aromatic carbocycles. The van der Waals surface area contributed by atoms with Crippen molar-refractivity contribution in [3.63, 3.8) is 0 Å². The fourth-order valence-corrected chi connectivity index (χ4v) is 2.98. The first-order valence-corrected chi connectivity index (χ1v) is 7.53. The number of nitrogens with zero attached hydrogens (tertiary/aromatic N) is 5. The van der Waals surface area contributed by atoms with Crippen molar-refractivity contribution < 1.29 is 9.90 Å². The zero-order chi connectivity index (χ0) is 15.5. The lowest BCUT2D eigenvalue weighted by molar-refractivity contribution is 0.0690. The number of carboxylic acids is 1. The van der Waals surface area contributed by atoms with Crippen molar-refractivity contribution in [1.82, 2.24) is 19.5 Å². The van der Waals surface area contributed by atoms with Crippen molar-refractivity contribution >= 4 is 11.8 Å². The van der Waals surface area contributed by atoms with Crippen LogP contribution in [0.3, 0.4) is 0 Å². The Labute approximate surface area is 128 Å². The van der Waals surface area contributed by atoms with Crippen molar-refractivity contribution in [2.24, 2.45) is 0 Å². The number of hydrogen-bond acceptors (Lipinski definition) is 5. The summed E-state index contributed by atoms with van der Waals surface area (Å²) in [5.41, 5.74) is 0.0214. The van der Waals surface area contributed by atoms with E-state index in [4.69, 9.17) is 5.11 Å². The number of hydrogen-bond donors (Lipinski definition) is 1. The number of carboxylic acid groups (broad SMARTS) is 1. The molecule has 7 heteroatoms. The number of anilines is 1. The van der Waals surface area contributed by atoms with Gasteiger partial charge in [0.2, 0.25) is 0 Å². The Morgan fingerprint density at radius 3 is 3.00 bits per heavy atom. The highest BCUT2D eigenvalue weighted by molar-refractivity contribution is 5.86. The van der Waals surface area contributed by atoms with E-state index < -0.39 is 5.97 Å². The van der Waals surface area contributed by atoms with Gasteiger partial charge in [-0.1, -0.05) is 0 Å². The van der Waals surface area contributed by atoms with Crippen LogP contribution in [0.15, 0.2) is 24.8 Å². The molecule has 3 heterocycles. The lowest BCUT2D eigenvalue weighted by Gasteiger charge is -2.36. The summed E-state index contributed by atoms with van der Waals surface area (Å²) >= 11 is 0. The van der Waals surface area contributed by atoms with Gasteiger partial charge in [0.15, 0.2) is 5.69 Å². The van der Waals surface area contributed by atoms with E-state index in [1.807, 2.05) is 12.4 Å². The van der Waals surface area contributed by atoms with E-state index in [-0.39, 0.29) is 11.7 Å². The van der Waals surface area contributed by atoms with Gasteiger partial charge in [0.25, 0.3) is 0 Å². The minimum absolute atomic E-state index is 0.0214. The van der Waals surface area contributed by atoms with E-state index in [2.05, 4.69) is 31.3 Å². The van der Waals surface area contributed by atoms with Crippen LogP contribution in [0.1, 0.15) is 48.5 Å². The normalized spacial score (nSPS) is 18.4. The van der Waals surface area contributed by atoms with Crippen LogP contribution in [0.4, 0.5) is 5.82 Å². The van der Waals surface area contributed by atoms with Crippen LogP contribution in [0.5, 0.6) is 0 Å². The zero-order valence-electron chi connectivity index (χ0n) is 12.5. The Kier molecular flexibility index (Phi) is 4.04. The molecule has 0 aliphatic carbocycles. The second kappa shape index (κ2) is 6.13. The lowest BCUT2D eigenvalue weighted by Crippen LogP contribution is -2.35. The molecule has 1 aliphatic rings. The van der Waals surface area contributed by atoms with Crippen LogP contribution in [0.2, 0.25) is 0 Å². The molecule has 1 atom stereocenters. The topological polar surface area (TPSA) is 84.1 Å². The first kappa shape index (κ1) is 14.5. The minimum atomic E-state index is -1.03. The molecule has 0 spiro atoms. The quantitative estimate of drug-likeness (QED) is 0.931. The van der Waals surface area contributed by atoms with Crippen molar-refractivity contribution in [1.29, 1.82) is 0 Å². The van der Waals surface area contributed by atoms with Crippen LogP contribution in [0, 0.1) is 0 Å². The number of aromatic carboxylic acids is 1. The molecule has 7 nitrogen and oxygen atoms in total. The first-order chi connectivity index (χ1) is 10.7. The van der Waals surface area contributed by atoms with E-state index in [0.29, 0.717) is 5.82 Å². The van der Waals surface area contributed by atoms with Crippen LogP contribution >= 0.6 is 0 Å². The maximum atomic E-state index is 11.1. The fraction of sp³-hybridized carbons (Fsp3) is 0.467. The molecule has 1 saturated heterocycles. The van der Waals surface area contributed by atoms with E-state index in [1.165, 1.54) is 6.33 Å². The predicted octanol–water partition coefficient (Wildman–Crippen LogP) is 2.12. The second-order valence-electron chi connectivity index (χ2n) is 5.34. The zero-order valence-corrected chi connectivity index (χ0v) is 12.5. The maximum Gasteiger partial charge on any atom is 0.354 e. The van der Waals surface area contributed by atoms with Gasteiger partial charge < -0.3 is 14.6 Å². The number of aryl methyl sites for hydroxylation is 1. The Morgan fingerprint density at radius 1 is 1.36 bits per heavy atom. The number of carbonyl (C=O) groups is 1. The van der Waals surface area contributed by atoms with Crippen molar-refractivity contribution in [3.8, 4) is 0 Å². The van der Waals surface area contributed by atoms with Gasteiger partial charge in [0.1, 0.15) is 18.0 Å². The van der Waals surface area contributed by atoms with Gasteiger partial charge in [-0.15, -0.1) is 0 Å². The maximum absolute atomic E-state index is 11.1. The number of aromatic nitrogens is 4. The van der Waals surface area contributed by atoms with Gasteiger partial charge in [0.05, 0.1) is 6.04 Å². The molecular formula is C15H19N5O2. The Bertz CT molecular complexity index is 669. The van der Waals surface area contributed by atoms with Gasteiger partial charge >= 0.3 is 5.97 Å². The molecule has 2 aromatic rings. The summed E-state index contributed by atoms with van der Waals surface area (Å²) in [5, 5.41) is 9.11. The summed E-state index contributed by atoms with van der Waals surface area (Å²) in [6.07, 6.45) is 8.30. The third-order valence-electron chi connectivity index (χ3n) is 4.06. The van der Waals surface area contributed by atoms with Crippen molar-refractivity contribution in [2.75, 3.05) is 11.4 Å². The summed E-state index contributed by atoms with van der Waals surface area (Å²) in [6.45, 7) is 3.80. The largest absolute Gasteiger partial charge is 0.477 e. The number of imidazole rings is 1. The second-order valence-corrected chi connectivity index (χ2v) is 5.34. The molecule has 0 radical (unpaired) electrons. The molecule has 0 bridgehead atoms. The summed E-state index contributed by atoms with van der Waals surface area (Å²) in [4.78, 5) is 25.8. The summed E-state index contributed by atoms with van der Waals surface area (Å²) in [6, 6.07) is 1.67. The van der Waals surface area contributed by atoms with E-state index >= 15 is 0 Å². The third-order valence-corrected chi connectivity index (χ3v) is 4.06. The van der Waals surface area contributed by atoms with Gasteiger partial charge in [-0.05, 0) is 26.2 Å². The van der Waals surface area contributed by atoms with Gasteiger partial charge in [-0.3, -0.25) is 0 Å². The first-order valence-electron chi connectivity index (χ1n) is 7.53. The highest BCUT2D eigenvalue weighted by atomic mass is 16.4. The highest BCUT2D eigenvalue weighted by Gasteiger charge is 2.28. The van der Waals surface area contributed by atoms with Crippen LogP contribution in [0.25, 0.3) is 0 Å². The average molecular weight is 301 g/mol. The number of rotatable bonds is 4. The SMILES string of the molecule is CCn1ccnc1C1CCCCN1c1cc(C(=O)O)ncn1. The van der Waals surface area contributed by atoms with E-state index in [1.54, 1.807) is 6.07 Å². The lowest BCUT2D eigenvalue weighted by atomic mass is 10.0. The molecular weight excluding hydrogens is 282 g/mol. The standard InChI is InChI=1S/C15H19N5O2/c1-2-19-8-6-16-14(19)12-5-3-4-7-20(12)13-9-11(15(21)22)17-10-18-13/h6,8-10,12H,2-5,7H2,1H3,(H,21,22). The molecule has 2 aromatic heterocycles. The van der Waals surface area contributed by atoms with Crippen molar-refractivity contribution in [2.45, 2.75) is 38.8 Å². The van der Waals surface area contributed by atoms with Crippen molar-refractivity contribution in [3.05, 3.63) is 36.3 Å².